The van der Waals surface area contributed by atoms with E-state index in [1.165, 1.54) is 6.07 Å². The summed E-state index contributed by atoms with van der Waals surface area (Å²) in [5.41, 5.74) is 2.94. The molecule has 3 aromatic carbocycles. The van der Waals surface area contributed by atoms with Crippen LogP contribution < -0.4 is 25.6 Å². The van der Waals surface area contributed by atoms with Gasteiger partial charge in [-0.15, -0.1) is 0 Å². The van der Waals surface area contributed by atoms with Gasteiger partial charge in [-0.05, 0) is 120 Å². The van der Waals surface area contributed by atoms with E-state index in [-0.39, 0.29) is 28.9 Å². The van der Waals surface area contributed by atoms with E-state index >= 15 is 4.39 Å². The third-order valence-corrected chi connectivity index (χ3v) is 13.4. The van der Waals surface area contributed by atoms with Crippen molar-refractivity contribution in [1.29, 1.82) is 0 Å². The summed E-state index contributed by atoms with van der Waals surface area (Å²) in [6.45, 7) is 12.9. The minimum Gasteiger partial charge on any atom is -0.369 e. The summed E-state index contributed by atoms with van der Waals surface area (Å²) in [5, 5.41) is 8.69. The summed E-state index contributed by atoms with van der Waals surface area (Å²) >= 11 is 0. The molecule has 0 radical (unpaired) electrons. The Morgan fingerprint density at radius 1 is 0.855 bits per heavy atom. The SMILES string of the molecule is Cc1cnc(Nc2ccc(N3CCN(C4CCN(Cc5cc(F)c6c(c5)C(=O)N(C5CCC(=O)NC5=O)C6=O)CC4)CC3)cc2)nc1Nc1cccc(S(=O)(=O)NC(C)(C)C)c1. The number of anilines is 5. The maximum atomic E-state index is 15.3. The second kappa shape index (κ2) is 17.2. The molecule has 0 aliphatic carbocycles. The maximum Gasteiger partial charge on any atom is 0.265 e. The number of halogens is 1. The quantitative estimate of drug-likeness (QED) is 0.152. The van der Waals surface area contributed by atoms with Crippen molar-refractivity contribution in [3.63, 3.8) is 0 Å². The lowest BCUT2D eigenvalue weighted by molar-refractivity contribution is -0.136. The number of carbonyl (C=O) groups is 4. The first-order valence-electron chi connectivity index (χ1n) is 20.9. The number of aromatic nitrogens is 2. The van der Waals surface area contributed by atoms with E-state index in [1.807, 2.05) is 19.1 Å². The highest BCUT2D eigenvalue weighted by molar-refractivity contribution is 7.89. The van der Waals surface area contributed by atoms with E-state index in [1.54, 1.807) is 57.3 Å². The monoisotopic (exact) mass is 866 g/mol. The molecule has 326 valence electrons. The number of piperazine rings is 1. The van der Waals surface area contributed by atoms with Gasteiger partial charge in [-0.3, -0.25) is 39.2 Å². The number of carbonyl (C=O) groups excluding carboxylic acids is 4. The molecule has 4 aromatic rings. The van der Waals surface area contributed by atoms with Gasteiger partial charge in [0.1, 0.15) is 17.7 Å². The van der Waals surface area contributed by atoms with Gasteiger partial charge in [-0.2, -0.15) is 4.98 Å². The van der Waals surface area contributed by atoms with Crippen molar-refractivity contribution < 1.29 is 32.0 Å². The fourth-order valence-electron chi connectivity index (χ4n) is 8.59. The van der Waals surface area contributed by atoms with E-state index in [0.717, 1.165) is 73.9 Å². The molecule has 4 amide bonds. The van der Waals surface area contributed by atoms with Crippen molar-refractivity contribution >= 4 is 62.5 Å². The number of rotatable bonds is 11. The summed E-state index contributed by atoms with van der Waals surface area (Å²) in [7, 11) is -3.71. The molecule has 16 nitrogen and oxygen atoms in total. The van der Waals surface area contributed by atoms with Crippen LogP contribution in [0.1, 0.15) is 78.3 Å². The third-order valence-electron chi connectivity index (χ3n) is 11.7. The third kappa shape index (κ3) is 9.33. The molecule has 18 heteroatoms. The van der Waals surface area contributed by atoms with Gasteiger partial charge in [0.2, 0.25) is 27.8 Å². The number of sulfonamides is 1. The Morgan fingerprint density at radius 3 is 2.27 bits per heavy atom. The second-order valence-electron chi connectivity index (χ2n) is 17.4. The van der Waals surface area contributed by atoms with Crippen LogP contribution >= 0.6 is 0 Å². The van der Waals surface area contributed by atoms with Crippen LogP contribution in [0, 0.1) is 12.7 Å². The number of aryl methyl sites for hydroxylation is 1. The van der Waals surface area contributed by atoms with E-state index in [4.69, 9.17) is 0 Å². The van der Waals surface area contributed by atoms with Crippen LogP contribution in [-0.4, -0.2) is 114 Å². The number of hydrogen-bond donors (Lipinski definition) is 4. The van der Waals surface area contributed by atoms with Gasteiger partial charge in [0.15, 0.2) is 0 Å². The zero-order valence-corrected chi connectivity index (χ0v) is 36.0. The Morgan fingerprint density at radius 2 is 1.58 bits per heavy atom. The smallest absolute Gasteiger partial charge is 0.265 e. The van der Waals surface area contributed by atoms with Crippen molar-refractivity contribution in [1.82, 2.24) is 34.7 Å². The molecule has 1 unspecified atom stereocenters. The van der Waals surface area contributed by atoms with Crippen molar-refractivity contribution in [3.8, 4) is 0 Å². The molecule has 3 saturated heterocycles. The van der Waals surface area contributed by atoms with E-state index < -0.39 is 51.0 Å². The topological polar surface area (TPSA) is 189 Å². The normalized spacial score (nSPS) is 19.5. The molecule has 0 bridgehead atoms. The number of benzene rings is 3. The average molecular weight is 867 g/mol. The van der Waals surface area contributed by atoms with Crippen LogP contribution in [0.15, 0.2) is 71.8 Å². The van der Waals surface area contributed by atoms with Crippen LogP contribution in [0.5, 0.6) is 0 Å². The highest BCUT2D eigenvalue weighted by Crippen LogP contribution is 2.32. The number of nitrogens with one attached hydrogen (secondary N) is 4. The standard InChI is InChI=1S/C44H51FN10O6S/c1-27-25-46-43(50-39(27)47-30-6-5-7-33(24-30)62(60,61)51-44(2,3)4)48-29-8-10-31(11-9-29)53-18-20-54(21-19-53)32-14-16-52(17-15-32)26-28-22-34-38(35(45)23-28)42(59)55(41(34)58)36-12-13-37(56)49-40(36)57/h5-11,22-25,32,36,51H,12-21,26H2,1-4H3,(H,49,56,57)(H2,46,47,48,50). The average Bonchev–Trinajstić information content (AvgIpc) is 3.47. The molecule has 3 fully saturated rings. The van der Waals surface area contributed by atoms with Gasteiger partial charge >= 0.3 is 0 Å². The van der Waals surface area contributed by atoms with Crippen molar-refractivity contribution in [2.24, 2.45) is 0 Å². The molecule has 8 rings (SSSR count). The molecule has 1 aromatic heterocycles. The highest BCUT2D eigenvalue weighted by Gasteiger charge is 2.46. The van der Waals surface area contributed by atoms with E-state index in [0.29, 0.717) is 35.6 Å². The fourth-order valence-corrected chi connectivity index (χ4v) is 10.1. The Kier molecular flexibility index (Phi) is 11.9. The molecule has 0 spiro atoms. The molecule has 62 heavy (non-hydrogen) atoms. The number of hydrogen-bond acceptors (Lipinski definition) is 13. The lowest BCUT2D eigenvalue weighted by Gasteiger charge is -2.43. The van der Waals surface area contributed by atoms with Crippen molar-refractivity contribution in [2.75, 3.05) is 54.8 Å². The fraction of sp³-hybridized carbons (Fsp3) is 0.409. The van der Waals surface area contributed by atoms with E-state index in [9.17, 15) is 27.6 Å². The molecule has 5 heterocycles. The van der Waals surface area contributed by atoms with Crippen LogP contribution in [-0.2, 0) is 26.2 Å². The van der Waals surface area contributed by atoms with Gasteiger partial charge in [-0.25, -0.2) is 22.5 Å². The van der Waals surface area contributed by atoms with Crippen molar-refractivity contribution in [2.45, 2.75) is 82.4 Å². The van der Waals surface area contributed by atoms with Crippen LogP contribution in [0.25, 0.3) is 0 Å². The number of likely N-dealkylation sites (tertiary alicyclic amines) is 1. The first-order chi connectivity index (χ1) is 29.5. The highest BCUT2D eigenvalue weighted by atomic mass is 32.2. The van der Waals surface area contributed by atoms with Gasteiger partial charge in [0, 0.05) is 79.5 Å². The predicted molar refractivity (Wildman–Crippen MR) is 231 cm³/mol. The number of imide groups is 2. The minimum absolute atomic E-state index is 0.00212. The van der Waals surface area contributed by atoms with Gasteiger partial charge < -0.3 is 15.5 Å². The number of amides is 4. The lowest BCUT2D eigenvalue weighted by Crippen LogP contribution is -2.54. The van der Waals surface area contributed by atoms with Crippen LogP contribution in [0.4, 0.5) is 33.2 Å². The number of nitrogens with zero attached hydrogens (tertiary/aromatic N) is 6. The Labute approximate surface area is 360 Å². The zero-order valence-electron chi connectivity index (χ0n) is 35.2. The second-order valence-corrected chi connectivity index (χ2v) is 19.1. The lowest BCUT2D eigenvalue weighted by atomic mass is 10.00. The molecular weight excluding hydrogens is 816 g/mol. The van der Waals surface area contributed by atoms with Gasteiger partial charge in [0.25, 0.3) is 11.8 Å². The maximum absolute atomic E-state index is 15.3. The van der Waals surface area contributed by atoms with Gasteiger partial charge in [-0.1, -0.05) is 6.07 Å². The first kappa shape index (κ1) is 42.9. The number of piperidine rings is 2. The summed E-state index contributed by atoms with van der Waals surface area (Å²) in [6, 6.07) is 16.9. The van der Waals surface area contributed by atoms with Crippen LogP contribution in [0.3, 0.4) is 0 Å². The van der Waals surface area contributed by atoms with Crippen molar-refractivity contribution in [3.05, 3.63) is 94.9 Å². The molecule has 4 aliphatic rings. The Hall–Kier alpha value is -5.82. The summed E-state index contributed by atoms with van der Waals surface area (Å²) in [5.74, 6) is -2.58. The van der Waals surface area contributed by atoms with E-state index in [2.05, 4.69) is 57.5 Å². The summed E-state index contributed by atoms with van der Waals surface area (Å²) in [6.07, 6.45) is 3.63. The summed E-state index contributed by atoms with van der Waals surface area (Å²) in [4.78, 5) is 67.7. The zero-order chi connectivity index (χ0) is 43.9. The molecular formula is C44H51FN10O6S. The number of fused-ring (bicyclic) bond motifs is 1. The Balaban J connectivity index is 0.810. The summed E-state index contributed by atoms with van der Waals surface area (Å²) < 4.78 is 43.9. The van der Waals surface area contributed by atoms with Gasteiger partial charge in [0.05, 0.1) is 16.0 Å². The molecule has 4 aliphatic heterocycles. The molecule has 1 atom stereocenters. The molecule has 4 N–H and O–H groups in total. The Bertz CT molecular complexity index is 2520. The minimum atomic E-state index is -3.71. The first-order valence-corrected chi connectivity index (χ1v) is 22.4. The predicted octanol–water partition coefficient (Wildman–Crippen LogP) is 4.68. The van der Waals surface area contributed by atoms with Crippen LogP contribution in [0.2, 0.25) is 0 Å². The largest absolute Gasteiger partial charge is 0.369 e. The molecule has 0 saturated carbocycles.